The lowest BCUT2D eigenvalue weighted by Crippen LogP contribution is -2.45. The monoisotopic (exact) mass is 338 g/mol. The fourth-order valence-electron chi connectivity index (χ4n) is 2.40. The number of carboxylic acids is 1. The molecule has 136 valence electrons. The number of aliphatic carboxylic acids is 1. The molecule has 7 nitrogen and oxygen atoms in total. The van der Waals surface area contributed by atoms with Crippen molar-refractivity contribution in [1.29, 1.82) is 0 Å². The summed E-state index contributed by atoms with van der Waals surface area (Å²) in [5.41, 5.74) is 1.10. The van der Waals surface area contributed by atoms with Crippen LogP contribution < -0.4 is 10.6 Å². The lowest BCUT2D eigenvalue weighted by atomic mass is 9.99. The molecule has 0 aromatic carbocycles. The number of carbonyl (C=O) groups is 2. The first-order valence-electron chi connectivity index (χ1n) is 8.50. The molecular weight excluding hydrogens is 308 g/mol. The third-order valence-corrected chi connectivity index (χ3v) is 3.87. The highest BCUT2D eigenvalue weighted by atomic mass is 16.4. The highest BCUT2D eigenvalue weighted by Gasteiger charge is 2.22. The van der Waals surface area contributed by atoms with E-state index in [1.807, 2.05) is 25.5 Å². The van der Waals surface area contributed by atoms with Gasteiger partial charge in [-0.05, 0) is 39.0 Å². The van der Waals surface area contributed by atoms with Gasteiger partial charge in [0.25, 0.3) is 0 Å². The van der Waals surface area contributed by atoms with Crippen molar-refractivity contribution in [3.05, 3.63) is 11.9 Å². The predicted molar refractivity (Wildman–Crippen MR) is 94.2 cm³/mol. The fourth-order valence-corrected chi connectivity index (χ4v) is 2.40. The van der Waals surface area contributed by atoms with Crippen LogP contribution in [0.5, 0.6) is 0 Å². The Labute approximate surface area is 143 Å². The van der Waals surface area contributed by atoms with Gasteiger partial charge in [-0.2, -0.15) is 5.10 Å². The molecule has 1 aromatic heterocycles. The van der Waals surface area contributed by atoms with Gasteiger partial charge in [-0.15, -0.1) is 0 Å². The second kappa shape index (κ2) is 8.70. The molecule has 0 aliphatic rings. The molecule has 0 saturated carbocycles. The Balaban J connectivity index is 2.68. The summed E-state index contributed by atoms with van der Waals surface area (Å²) >= 11 is 0. The number of carbonyl (C=O) groups excluding carboxylic acids is 1. The van der Waals surface area contributed by atoms with Gasteiger partial charge in [0.05, 0.1) is 17.6 Å². The summed E-state index contributed by atoms with van der Waals surface area (Å²) < 4.78 is 1.94. The van der Waals surface area contributed by atoms with Gasteiger partial charge in [0.2, 0.25) is 0 Å². The number of aryl methyl sites for hydroxylation is 1. The Morgan fingerprint density at radius 1 is 1.38 bits per heavy atom. The van der Waals surface area contributed by atoms with Crippen LogP contribution in [0.25, 0.3) is 0 Å². The Hall–Kier alpha value is -2.05. The number of urea groups is 1. The van der Waals surface area contributed by atoms with Crippen molar-refractivity contribution >= 4 is 17.7 Å². The Morgan fingerprint density at radius 2 is 2.04 bits per heavy atom. The number of hydrogen-bond acceptors (Lipinski definition) is 3. The fraction of sp³-hybridized carbons (Fsp3) is 0.706. The first-order chi connectivity index (χ1) is 11.1. The maximum Gasteiger partial charge on any atom is 0.319 e. The smallest absolute Gasteiger partial charge is 0.319 e. The molecule has 0 spiro atoms. The molecule has 0 bridgehead atoms. The summed E-state index contributed by atoms with van der Waals surface area (Å²) in [5, 5.41) is 18.8. The Kier molecular flexibility index (Phi) is 7.25. The summed E-state index contributed by atoms with van der Waals surface area (Å²) in [6.07, 6.45) is 3.85. The van der Waals surface area contributed by atoms with Gasteiger partial charge in [0.15, 0.2) is 0 Å². The summed E-state index contributed by atoms with van der Waals surface area (Å²) in [7, 11) is 0. The van der Waals surface area contributed by atoms with Crippen LogP contribution >= 0.6 is 0 Å². The average Bonchev–Trinajstić information content (AvgIpc) is 2.84. The van der Waals surface area contributed by atoms with Gasteiger partial charge in [-0.1, -0.05) is 20.8 Å². The minimum absolute atomic E-state index is 0.0145. The van der Waals surface area contributed by atoms with E-state index in [2.05, 4.69) is 29.6 Å². The molecule has 0 fully saturated rings. The SMILES string of the molecule is CCc1c(NC(=O)NC(C)(C)CCC(=O)O)cnn1CCC(C)C. The van der Waals surface area contributed by atoms with E-state index in [4.69, 9.17) is 5.11 Å². The van der Waals surface area contributed by atoms with Crippen molar-refractivity contribution in [3.63, 3.8) is 0 Å². The van der Waals surface area contributed by atoms with Crippen LogP contribution in [0.15, 0.2) is 6.20 Å². The topological polar surface area (TPSA) is 96.2 Å². The van der Waals surface area contributed by atoms with Crippen molar-refractivity contribution in [1.82, 2.24) is 15.1 Å². The quantitative estimate of drug-likeness (QED) is 0.644. The summed E-state index contributed by atoms with van der Waals surface area (Å²) in [5.74, 6) is -0.279. The molecule has 2 amide bonds. The number of carboxylic acid groups (broad SMARTS) is 1. The number of aromatic nitrogens is 2. The molecule has 0 atom stereocenters. The van der Waals surface area contributed by atoms with E-state index in [0.717, 1.165) is 25.1 Å². The largest absolute Gasteiger partial charge is 0.481 e. The predicted octanol–water partition coefficient (Wildman–Crippen LogP) is 3.26. The first-order valence-corrected chi connectivity index (χ1v) is 8.50. The second-order valence-electron chi connectivity index (χ2n) is 7.12. The maximum atomic E-state index is 12.2. The molecule has 7 heteroatoms. The van der Waals surface area contributed by atoms with E-state index in [0.29, 0.717) is 18.0 Å². The lowest BCUT2D eigenvalue weighted by Gasteiger charge is -2.25. The molecule has 0 saturated heterocycles. The van der Waals surface area contributed by atoms with Crippen molar-refractivity contribution in [2.45, 2.75) is 72.4 Å². The van der Waals surface area contributed by atoms with Crippen molar-refractivity contribution in [2.75, 3.05) is 5.32 Å². The number of amides is 2. The van der Waals surface area contributed by atoms with E-state index in [9.17, 15) is 9.59 Å². The molecule has 3 N–H and O–H groups in total. The van der Waals surface area contributed by atoms with Crippen LogP contribution in [0.2, 0.25) is 0 Å². The zero-order valence-corrected chi connectivity index (χ0v) is 15.3. The molecule has 0 aliphatic heterocycles. The third kappa shape index (κ3) is 6.60. The van der Waals surface area contributed by atoms with E-state index in [1.54, 1.807) is 6.20 Å². The van der Waals surface area contributed by atoms with E-state index >= 15 is 0 Å². The highest BCUT2D eigenvalue weighted by molar-refractivity contribution is 5.90. The van der Waals surface area contributed by atoms with E-state index in [1.165, 1.54) is 0 Å². The van der Waals surface area contributed by atoms with Gasteiger partial charge < -0.3 is 15.7 Å². The normalized spacial score (nSPS) is 11.6. The Bertz CT molecular complexity index is 564. The van der Waals surface area contributed by atoms with Crippen molar-refractivity contribution in [2.24, 2.45) is 5.92 Å². The zero-order valence-electron chi connectivity index (χ0n) is 15.3. The van der Waals surface area contributed by atoms with Crippen LogP contribution in [-0.2, 0) is 17.8 Å². The molecular formula is C17H30N4O3. The third-order valence-electron chi connectivity index (χ3n) is 3.87. The van der Waals surface area contributed by atoms with Gasteiger partial charge in [0.1, 0.15) is 0 Å². The first kappa shape index (κ1) is 20.0. The molecule has 0 unspecified atom stereocenters. The van der Waals surface area contributed by atoms with Gasteiger partial charge >= 0.3 is 12.0 Å². The van der Waals surface area contributed by atoms with Crippen molar-refractivity contribution in [3.8, 4) is 0 Å². The van der Waals surface area contributed by atoms with Gasteiger partial charge in [0, 0.05) is 18.5 Å². The van der Waals surface area contributed by atoms with Crippen LogP contribution in [0.4, 0.5) is 10.5 Å². The van der Waals surface area contributed by atoms with Gasteiger partial charge in [-0.25, -0.2) is 4.79 Å². The standard InChI is InChI=1S/C17H30N4O3/c1-6-14-13(11-18-21(14)10-8-12(2)3)19-16(24)20-17(4,5)9-7-15(22)23/h11-12H,6-10H2,1-5H3,(H,22,23)(H2,19,20,24). The number of rotatable bonds is 9. The van der Waals surface area contributed by atoms with Crippen LogP contribution in [0, 0.1) is 5.92 Å². The van der Waals surface area contributed by atoms with Crippen LogP contribution in [0.1, 0.15) is 59.6 Å². The number of anilines is 1. The maximum absolute atomic E-state index is 12.2. The molecule has 1 rings (SSSR count). The summed E-state index contributed by atoms with van der Waals surface area (Å²) in [6, 6.07) is -0.344. The minimum Gasteiger partial charge on any atom is -0.481 e. The zero-order chi connectivity index (χ0) is 18.3. The summed E-state index contributed by atoms with van der Waals surface area (Å²) in [6.45, 7) is 10.8. The molecule has 0 radical (unpaired) electrons. The summed E-state index contributed by atoms with van der Waals surface area (Å²) in [4.78, 5) is 22.9. The minimum atomic E-state index is -0.870. The average molecular weight is 338 g/mol. The van der Waals surface area contributed by atoms with Crippen LogP contribution in [0.3, 0.4) is 0 Å². The van der Waals surface area contributed by atoms with Gasteiger partial charge in [-0.3, -0.25) is 9.48 Å². The number of hydrogen-bond donors (Lipinski definition) is 3. The van der Waals surface area contributed by atoms with Crippen molar-refractivity contribution < 1.29 is 14.7 Å². The molecule has 24 heavy (non-hydrogen) atoms. The number of nitrogens with zero attached hydrogens (tertiary/aromatic N) is 2. The molecule has 0 aliphatic carbocycles. The van der Waals surface area contributed by atoms with E-state index < -0.39 is 11.5 Å². The second-order valence-corrected chi connectivity index (χ2v) is 7.12. The molecule has 1 heterocycles. The number of nitrogens with one attached hydrogen (secondary N) is 2. The highest BCUT2D eigenvalue weighted by Crippen LogP contribution is 2.18. The Morgan fingerprint density at radius 3 is 2.58 bits per heavy atom. The van der Waals surface area contributed by atoms with E-state index in [-0.39, 0.29) is 12.5 Å². The molecule has 1 aromatic rings. The van der Waals surface area contributed by atoms with Crippen LogP contribution in [-0.4, -0.2) is 32.4 Å². The lowest BCUT2D eigenvalue weighted by molar-refractivity contribution is -0.137.